The zero-order valence-electron chi connectivity index (χ0n) is 15.1. The van der Waals surface area contributed by atoms with E-state index in [1.54, 1.807) is 0 Å². The van der Waals surface area contributed by atoms with Gasteiger partial charge in [0.25, 0.3) is 0 Å². The van der Waals surface area contributed by atoms with Crippen LogP contribution < -0.4 is 0 Å². The molecular formula is C19H39O2S+. The normalized spacial score (nSPS) is 12.5. The Balaban J connectivity index is 3.11. The molecule has 0 radical (unpaired) electrons. The summed E-state index contributed by atoms with van der Waals surface area (Å²) in [7, 11) is 0.436. The van der Waals surface area contributed by atoms with E-state index >= 15 is 0 Å². The van der Waals surface area contributed by atoms with Gasteiger partial charge in [0.15, 0.2) is 0 Å². The molecule has 3 heteroatoms. The van der Waals surface area contributed by atoms with Crippen molar-refractivity contribution >= 4 is 16.9 Å². The van der Waals surface area contributed by atoms with Gasteiger partial charge >= 0.3 is 5.97 Å². The molecule has 0 fully saturated rings. The van der Waals surface area contributed by atoms with Crippen LogP contribution in [0, 0.1) is 0 Å². The minimum atomic E-state index is -0.651. The number of carbonyl (C=O) groups is 1. The summed E-state index contributed by atoms with van der Waals surface area (Å²) in [6, 6.07) is 0. The molecule has 1 atom stereocenters. The Hall–Kier alpha value is -0.180. The molecule has 1 unspecified atom stereocenters. The maximum atomic E-state index is 10.5. The molecule has 132 valence electrons. The van der Waals surface area contributed by atoms with E-state index in [9.17, 15) is 4.79 Å². The van der Waals surface area contributed by atoms with Crippen molar-refractivity contribution in [1.29, 1.82) is 0 Å². The summed E-state index contributed by atoms with van der Waals surface area (Å²) in [5, 5.41) is 8.62. The van der Waals surface area contributed by atoms with Crippen molar-refractivity contribution in [3.8, 4) is 0 Å². The summed E-state index contributed by atoms with van der Waals surface area (Å²) in [6.07, 6.45) is 20.3. The van der Waals surface area contributed by atoms with Gasteiger partial charge in [-0.2, -0.15) is 0 Å². The first kappa shape index (κ1) is 21.8. The first-order valence-electron chi connectivity index (χ1n) is 9.47. The van der Waals surface area contributed by atoms with E-state index in [1.807, 2.05) is 0 Å². The largest absolute Gasteiger partial charge is 0.481 e. The van der Waals surface area contributed by atoms with Crippen molar-refractivity contribution < 1.29 is 9.90 Å². The Morgan fingerprint density at radius 3 is 1.59 bits per heavy atom. The first-order valence-corrected chi connectivity index (χ1v) is 11.4. The predicted octanol–water partition coefficient (Wildman–Crippen LogP) is 5.80. The molecule has 0 amide bonds. The molecule has 0 rings (SSSR count). The third kappa shape index (κ3) is 17.9. The molecule has 1 N–H and O–H groups in total. The molecule has 0 saturated carbocycles. The summed E-state index contributed by atoms with van der Waals surface area (Å²) in [5.41, 5.74) is 0. The van der Waals surface area contributed by atoms with E-state index < -0.39 is 5.97 Å². The van der Waals surface area contributed by atoms with Gasteiger partial charge < -0.3 is 5.11 Å². The topological polar surface area (TPSA) is 37.3 Å². The monoisotopic (exact) mass is 331 g/mol. The first-order chi connectivity index (χ1) is 10.7. The number of unbranched alkanes of at least 4 members (excludes halogenated alkanes) is 11. The van der Waals surface area contributed by atoms with E-state index in [1.165, 1.54) is 82.8 Å². The van der Waals surface area contributed by atoms with E-state index in [4.69, 9.17) is 5.11 Å². The third-order valence-electron chi connectivity index (χ3n) is 4.23. The molecule has 0 bridgehead atoms. The van der Waals surface area contributed by atoms with E-state index in [-0.39, 0.29) is 0 Å². The molecule has 0 spiro atoms. The van der Waals surface area contributed by atoms with Crippen molar-refractivity contribution in [3.63, 3.8) is 0 Å². The molecule has 0 aromatic heterocycles. The van der Waals surface area contributed by atoms with Gasteiger partial charge in [0.2, 0.25) is 0 Å². The molecule has 0 saturated heterocycles. The molecule has 0 aromatic carbocycles. The van der Waals surface area contributed by atoms with Gasteiger partial charge in [-0.1, -0.05) is 71.1 Å². The summed E-state index contributed by atoms with van der Waals surface area (Å²) in [5.74, 6) is 1.75. The van der Waals surface area contributed by atoms with Gasteiger partial charge in [-0.3, -0.25) is 4.79 Å². The van der Waals surface area contributed by atoms with E-state index in [0.717, 1.165) is 12.2 Å². The maximum Gasteiger partial charge on any atom is 0.303 e. The van der Waals surface area contributed by atoms with Gasteiger partial charge in [-0.15, -0.1) is 0 Å². The summed E-state index contributed by atoms with van der Waals surface area (Å²) in [4.78, 5) is 10.5. The van der Waals surface area contributed by atoms with Crippen molar-refractivity contribution in [2.45, 2.75) is 96.8 Å². The second-order valence-corrected chi connectivity index (χ2v) is 8.96. The number of hydrogen-bond acceptors (Lipinski definition) is 1. The molecular weight excluding hydrogens is 292 g/mol. The Morgan fingerprint density at radius 1 is 0.727 bits per heavy atom. The molecule has 22 heavy (non-hydrogen) atoms. The van der Waals surface area contributed by atoms with Crippen LogP contribution in [0.25, 0.3) is 0 Å². The van der Waals surface area contributed by atoms with Crippen LogP contribution >= 0.6 is 0 Å². The van der Waals surface area contributed by atoms with Gasteiger partial charge in [-0.05, 0) is 23.7 Å². The minimum Gasteiger partial charge on any atom is -0.481 e. The highest BCUT2D eigenvalue weighted by atomic mass is 32.2. The highest BCUT2D eigenvalue weighted by Crippen LogP contribution is 2.12. The van der Waals surface area contributed by atoms with Gasteiger partial charge in [-0.25, -0.2) is 0 Å². The average Bonchev–Trinajstić information content (AvgIpc) is 2.48. The smallest absolute Gasteiger partial charge is 0.303 e. The Labute approximate surface area is 141 Å². The van der Waals surface area contributed by atoms with Crippen molar-refractivity contribution in [3.05, 3.63) is 0 Å². The number of aliphatic carboxylic acids is 1. The molecule has 0 aliphatic carbocycles. The second kappa shape index (κ2) is 17.2. The quantitative estimate of drug-likeness (QED) is 0.270. The standard InChI is InChI=1S/C19H38O2S/c1-3-4-5-6-7-8-9-10-11-12-13-14-17-22(2)18-15-16-19(20)21/h3-18H2,1-2H3/p+1. The number of carboxylic acid groups (broad SMARTS) is 1. The summed E-state index contributed by atoms with van der Waals surface area (Å²) >= 11 is 0. The fraction of sp³-hybridized carbons (Fsp3) is 0.947. The van der Waals surface area contributed by atoms with Crippen LogP contribution in [0.15, 0.2) is 0 Å². The van der Waals surface area contributed by atoms with E-state index in [0.29, 0.717) is 17.3 Å². The lowest BCUT2D eigenvalue weighted by Gasteiger charge is -2.04. The molecule has 0 aliphatic rings. The van der Waals surface area contributed by atoms with Crippen LogP contribution in [0.5, 0.6) is 0 Å². The zero-order chi connectivity index (χ0) is 16.5. The molecule has 0 heterocycles. The average molecular weight is 332 g/mol. The molecule has 0 aromatic rings. The Kier molecular flexibility index (Phi) is 17.0. The zero-order valence-corrected chi connectivity index (χ0v) is 15.9. The van der Waals surface area contributed by atoms with Crippen LogP contribution in [0.4, 0.5) is 0 Å². The SMILES string of the molecule is CCCCCCCCCCCCCC[S+](C)CCCC(=O)O. The molecule has 2 nitrogen and oxygen atoms in total. The number of carboxylic acids is 1. The van der Waals surface area contributed by atoms with Gasteiger partial charge in [0.05, 0.1) is 6.26 Å². The third-order valence-corrected chi connectivity index (χ3v) is 6.20. The minimum absolute atomic E-state index is 0.343. The fourth-order valence-corrected chi connectivity index (χ4v) is 4.30. The lowest BCUT2D eigenvalue weighted by molar-refractivity contribution is -0.137. The molecule has 0 aliphatic heterocycles. The van der Waals surface area contributed by atoms with Crippen LogP contribution in [-0.4, -0.2) is 28.8 Å². The maximum absolute atomic E-state index is 10.5. The van der Waals surface area contributed by atoms with Crippen LogP contribution in [0.1, 0.15) is 96.8 Å². The highest BCUT2D eigenvalue weighted by Gasteiger charge is 2.11. The number of hydrogen-bond donors (Lipinski definition) is 1. The van der Waals surface area contributed by atoms with Crippen molar-refractivity contribution in [1.82, 2.24) is 0 Å². The summed E-state index contributed by atoms with van der Waals surface area (Å²) < 4.78 is 0. The van der Waals surface area contributed by atoms with Gasteiger partial charge in [0.1, 0.15) is 11.5 Å². The Bertz CT molecular complexity index is 244. The van der Waals surface area contributed by atoms with Crippen LogP contribution in [0.2, 0.25) is 0 Å². The van der Waals surface area contributed by atoms with Crippen molar-refractivity contribution in [2.24, 2.45) is 0 Å². The lowest BCUT2D eigenvalue weighted by atomic mass is 10.1. The highest BCUT2D eigenvalue weighted by molar-refractivity contribution is 7.96. The van der Waals surface area contributed by atoms with Crippen LogP contribution in [0.3, 0.4) is 0 Å². The van der Waals surface area contributed by atoms with E-state index in [2.05, 4.69) is 13.2 Å². The predicted molar refractivity (Wildman–Crippen MR) is 101 cm³/mol. The Morgan fingerprint density at radius 2 is 1.14 bits per heavy atom. The van der Waals surface area contributed by atoms with Crippen molar-refractivity contribution in [2.75, 3.05) is 17.8 Å². The summed E-state index contributed by atoms with van der Waals surface area (Å²) in [6.45, 7) is 2.28. The number of rotatable bonds is 17. The second-order valence-electron chi connectivity index (χ2n) is 6.58. The van der Waals surface area contributed by atoms with Crippen LogP contribution in [-0.2, 0) is 15.7 Å². The lowest BCUT2D eigenvalue weighted by Crippen LogP contribution is -2.11. The fourth-order valence-electron chi connectivity index (χ4n) is 2.76. The van der Waals surface area contributed by atoms with Gasteiger partial charge in [0, 0.05) is 12.8 Å².